The molecule has 1 heterocycles. The fraction of sp³-hybridized carbons (Fsp3) is 0.227. The smallest absolute Gasteiger partial charge is 0.360 e. The molecule has 30 heavy (non-hydrogen) atoms. The van der Waals surface area contributed by atoms with Crippen molar-refractivity contribution in [1.29, 1.82) is 0 Å². The normalized spacial score (nSPS) is 10.6. The molecule has 0 aliphatic heterocycles. The molecule has 0 aliphatic rings. The van der Waals surface area contributed by atoms with Crippen LogP contribution in [0.4, 0.5) is 5.69 Å². The van der Waals surface area contributed by atoms with E-state index in [2.05, 4.69) is 26.3 Å². The van der Waals surface area contributed by atoms with Crippen molar-refractivity contribution in [2.75, 3.05) is 18.2 Å². The summed E-state index contributed by atoms with van der Waals surface area (Å²) in [5, 5.41) is 7.10. The summed E-state index contributed by atoms with van der Waals surface area (Å²) >= 11 is 5.01. The number of amides is 1. The zero-order chi connectivity index (χ0) is 21.3. The molecule has 2 aromatic carbocycles. The molecule has 1 N–H and O–H groups in total. The lowest BCUT2D eigenvalue weighted by Crippen LogP contribution is -2.15. The summed E-state index contributed by atoms with van der Waals surface area (Å²) in [6.07, 6.45) is 2.76. The Morgan fingerprint density at radius 2 is 1.87 bits per heavy atom. The monoisotopic (exact) mass is 487 g/mol. The Morgan fingerprint density at radius 3 is 2.57 bits per heavy atom. The molecule has 0 fully saturated rings. The molecule has 0 aliphatic carbocycles. The van der Waals surface area contributed by atoms with Gasteiger partial charge in [-0.25, -0.2) is 4.79 Å². The van der Waals surface area contributed by atoms with Gasteiger partial charge in [0, 0.05) is 34.3 Å². The van der Waals surface area contributed by atoms with Crippen LogP contribution in [0.25, 0.3) is 0 Å². The molecule has 8 heteroatoms. The number of rotatable bonds is 9. The van der Waals surface area contributed by atoms with Gasteiger partial charge >= 0.3 is 5.97 Å². The first-order chi connectivity index (χ1) is 14.5. The average molecular weight is 488 g/mol. The standard InChI is InChI=1S/C22H22BrN3O3S/c1-29-22(28)21-19(15-26(25-21)13-11-16-5-3-2-4-6-16)24-20(27)12-14-30-18-9-7-17(23)8-10-18/h2-10,15H,11-14H2,1H3,(H,24,27). The van der Waals surface area contributed by atoms with Gasteiger partial charge in [-0.2, -0.15) is 5.10 Å². The molecule has 1 aromatic heterocycles. The molecule has 156 valence electrons. The van der Waals surface area contributed by atoms with E-state index in [9.17, 15) is 9.59 Å². The lowest BCUT2D eigenvalue weighted by Gasteiger charge is -2.05. The van der Waals surface area contributed by atoms with E-state index in [1.807, 2.05) is 54.6 Å². The molecule has 0 unspecified atom stereocenters. The van der Waals surface area contributed by atoms with Crippen molar-refractivity contribution in [2.24, 2.45) is 0 Å². The van der Waals surface area contributed by atoms with E-state index in [1.54, 1.807) is 22.6 Å². The maximum absolute atomic E-state index is 12.4. The number of hydrogen-bond donors (Lipinski definition) is 1. The molecule has 1 amide bonds. The average Bonchev–Trinajstić information content (AvgIpc) is 3.16. The second-order valence-electron chi connectivity index (χ2n) is 6.48. The molecular weight excluding hydrogens is 466 g/mol. The van der Waals surface area contributed by atoms with Gasteiger partial charge in [-0.05, 0) is 36.2 Å². The number of anilines is 1. The van der Waals surface area contributed by atoms with Crippen LogP contribution in [0.5, 0.6) is 0 Å². The van der Waals surface area contributed by atoms with Crippen LogP contribution < -0.4 is 5.32 Å². The van der Waals surface area contributed by atoms with Crippen molar-refractivity contribution in [3.05, 3.63) is 76.5 Å². The van der Waals surface area contributed by atoms with Crippen LogP contribution >= 0.6 is 27.7 Å². The number of benzene rings is 2. The van der Waals surface area contributed by atoms with Crippen molar-refractivity contribution in [2.45, 2.75) is 24.3 Å². The highest BCUT2D eigenvalue weighted by atomic mass is 79.9. The van der Waals surface area contributed by atoms with Crippen LogP contribution in [-0.4, -0.2) is 34.5 Å². The van der Waals surface area contributed by atoms with Gasteiger partial charge in [0.1, 0.15) is 0 Å². The van der Waals surface area contributed by atoms with E-state index in [1.165, 1.54) is 12.7 Å². The number of aryl methyl sites for hydroxylation is 2. The minimum atomic E-state index is -0.576. The fourth-order valence-corrected chi connectivity index (χ4v) is 3.88. The number of hydrogen-bond acceptors (Lipinski definition) is 5. The second-order valence-corrected chi connectivity index (χ2v) is 8.57. The topological polar surface area (TPSA) is 73.2 Å². The Labute approximate surface area is 188 Å². The van der Waals surface area contributed by atoms with E-state index >= 15 is 0 Å². The number of halogens is 1. The summed E-state index contributed by atoms with van der Waals surface area (Å²) in [5.41, 5.74) is 1.65. The number of nitrogens with zero attached hydrogens (tertiary/aromatic N) is 2. The Morgan fingerprint density at radius 1 is 1.13 bits per heavy atom. The van der Waals surface area contributed by atoms with Crippen LogP contribution in [0.1, 0.15) is 22.5 Å². The van der Waals surface area contributed by atoms with Gasteiger partial charge in [-0.1, -0.05) is 46.3 Å². The molecule has 0 bridgehead atoms. The zero-order valence-corrected chi connectivity index (χ0v) is 18.9. The Hall–Kier alpha value is -2.58. The quantitative estimate of drug-likeness (QED) is 0.346. The Bertz CT molecular complexity index is 991. The second kappa shape index (κ2) is 11.0. The van der Waals surface area contributed by atoms with Crippen LogP contribution in [0, 0.1) is 0 Å². The number of carbonyl (C=O) groups is 2. The highest BCUT2D eigenvalue weighted by Gasteiger charge is 2.19. The SMILES string of the molecule is COC(=O)c1nn(CCc2ccccc2)cc1NC(=O)CCSc1ccc(Br)cc1. The molecule has 0 radical (unpaired) electrons. The maximum atomic E-state index is 12.4. The van der Waals surface area contributed by atoms with Gasteiger partial charge in [0.25, 0.3) is 0 Å². The zero-order valence-electron chi connectivity index (χ0n) is 16.5. The minimum absolute atomic E-state index is 0.111. The predicted octanol–water partition coefficient (Wildman–Crippen LogP) is 4.80. The van der Waals surface area contributed by atoms with E-state index < -0.39 is 5.97 Å². The minimum Gasteiger partial charge on any atom is -0.464 e. The third kappa shape index (κ3) is 6.47. The van der Waals surface area contributed by atoms with Crippen LogP contribution in [-0.2, 0) is 22.5 Å². The van der Waals surface area contributed by atoms with Crippen molar-refractivity contribution >= 4 is 45.3 Å². The van der Waals surface area contributed by atoms with Crippen LogP contribution in [0.3, 0.4) is 0 Å². The van der Waals surface area contributed by atoms with E-state index in [4.69, 9.17) is 4.74 Å². The Balaban J connectivity index is 1.58. The molecule has 0 saturated heterocycles. The number of thioether (sulfide) groups is 1. The van der Waals surface area contributed by atoms with E-state index in [-0.39, 0.29) is 11.6 Å². The highest BCUT2D eigenvalue weighted by Crippen LogP contribution is 2.22. The van der Waals surface area contributed by atoms with E-state index in [0.29, 0.717) is 24.4 Å². The first-order valence-corrected chi connectivity index (χ1v) is 11.2. The number of aromatic nitrogens is 2. The molecule has 0 spiro atoms. The van der Waals surface area contributed by atoms with Crippen LogP contribution in [0.15, 0.2) is 70.2 Å². The summed E-state index contributed by atoms with van der Waals surface area (Å²) in [7, 11) is 1.30. The third-order valence-corrected chi connectivity index (χ3v) is 5.84. The van der Waals surface area contributed by atoms with Gasteiger partial charge in [-0.15, -0.1) is 11.8 Å². The highest BCUT2D eigenvalue weighted by molar-refractivity contribution is 9.10. The van der Waals surface area contributed by atoms with Crippen LogP contribution in [0.2, 0.25) is 0 Å². The first kappa shape index (κ1) is 22.1. The number of nitrogens with one attached hydrogen (secondary N) is 1. The van der Waals surface area contributed by atoms with Gasteiger partial charge in [-0.3, -0.25) is 9.48 Å². The number of ether oxygens (including phenoxy) is 1. The third-order valence-electron chi connectivity index (χ3n) is 4.30. The molecule has 0 saturated carbocycles. The maximum Gasteiger partial charge on any atom is 0.360 e. The summed E-state index contributed by atoms with van der Waals surface area (Å²) < 4.78 is 7.49. The molecule has 6 nitrogen and oxygen atoms in total. The van der Waals surface area contributed by atoms with Gasteiger partial charge in [0.15, 0.2) is 5.69 Å². The lowest BCUT2D eigenvalue weighted by atomic mass is 10.1. The Kier molecular flexibility index (Phi) is 8.10. The van der Waals surface area contributed by atoms with Crippen molar-refractivity contribution in [3.63, 3.8) is 0 Å². The van der Waals surface area contributed by atoms with E-state index in [0.717, 1.165) is 15.8 Å². The number of esters is 1. The summed E-state index contributed by atoms with van der Waals surface area (Å²) in [4.78, 5) is 25.6. The van der Waals surface area contributed by atoms with Gasteiger partial charge in [0.2, 0.25) is 5.91 Å². The summed E-state index contributed by atoms with van der Waals surface area (Å²) in [6, 6.07) is 17.9. The molecule has 0 atom stereocenters. The number of methoxy groups -OCH3 is 1. The van der Waals surface area contributed by atoms with Crippen molar-refractivity contribution in [3.8, 4) is 0 Å². The van der Waals surface area contributed by atoms with Gasteiger partial charge < -0.3 is 10.1 Å². The lowest BCUT2D eigenvalue weighted by molar-refractivity contribution is -0.115. The summed E-state index contributed by atoms with van der Waals surface area (Å²) in [6.45, 7) is 0.587. The first-order valence-electron chi connectivity index (χ1n) is 9.43. The summed E-state index contributed by atoms with van der Waals surface area (Å²) in [5.74, 6) is -0.122. The number of carbonyl (C=O) groups excluding carboxylic acids is 2. The van der Waals surface area contributed by atoms with Crippen molar-refractivity contribution < 1.29 is 14.3 Å². The largest absolute Gasteiger partial charge is 0.464 e. The molecule has 3 aromatic rings. The molecule has 3 rings (SSSR count). The molecular formula is C22H22BrN3O3S. The fourth-order valence-electron chi connectivity index (χ4n) is 2.77. The predicted molar refractivity (Wildman–Crippen MR) is 122 cm³/mol. The van der Waals surface area contributed by atoms with Gasteiger partial charge in [0.05, 0.1) is 12.8 Å². The van der Waals surface area contributed by atoms with Crippen molar-refractivity contribution in [1.82, 2.24) is 9.78 Å².